The average Bonchev–Trinajstić information content (AvgIpc) is 2.91. The number of amides is 4. The molecule has 168 valence electrons. The van der Waals surface area contributed by atoms with Crippen molar-refractivity contribution in [3.8, 4) is 5.75 Å². The zero-order valence-electron chi connectivity index (χ0n) is 18.3. The Kier molecular flexibility index (Phi) is 6.26. The minimum absolute atomic E-state index is 0.154. The summed E-state index contributed by atoms with van der Waals surface area (Å²) in [6, 6.07) is 22.4. The van der Waals surface area contributed by atoms with Crippen molar-refractivity contribution >= 4 is 29.2 Å². The number of likely N-dealkylation sites (N-methyl/N-ethyl adjacent to an activating group) is 1. The minimum Gasteiger partial charge on any atom is -0.497 e. The lowest BCUT2D eigenvalue weighted by atomic mass is 10.1. The molecule has 4 amide bonds. The van der Waals surface area contributed by atoms with Crippen molar-refractivity contribution in [2.24, 2.45) is 0 Å². The van der Waals surface area contributed by atoms with Crippen LogP contribution in [0, 0.1) is 0 Å². The Labute approximate surface area is 191 Å². The van der Waals surface area contributed by atoms with Gasteiger partial charge >= 0.3 is 6.03 Å². The van der Waals surface area contributed by atoms with Gasteiger partial charge in [0.05, 0.1) is 18.4 Å². The van der Waals surface area contributed by atoms with E-state index in [-0.39, 0.29) is 12.5 Å². The number of hydrogen-bond donors (Lipinski definition) is 2. The fourth-order valence-corrected chi connectivity index (χ4v) is 3.70. The number of nitrogens with zero attached hydrogens (tertiary/aromatic N) is 2. The van der Waals surface area contributed by atoms with E-state index in [1.807, 2.05) is 30.3 Å². The summed E-state index contributed by atoms with van der Waals surface area (Å²) >= 11 is 0. The number of hydrogen-bond acceptors (Lipinski definition) is 4. The Hall–Kier alpha value is -4.33. The van der Waals surface area contributed by atoms with E-state index in [4.69, 9.17) is 4.74 Å². The van der Waals surface area contributed by atoms with Crippen molar-refractivity contribution in [2.75, 3.05) is 24.4 Å². The highest BCUT2D eigenvalue weighted by atomic mass is 16.5. The molecular formula is C25H24N4O4. The predicted molar refractivity (Wildman–Crippen MR) is 125 cm³/mol. The summed E-state index contributed by atoms with van der Waals surface area (Å²) in [5, 5.41) is 5.39. The highest BCUT2D eigenvalue weighted by Crippen LogP contribution is 2.27. The van der Waals surface area contributed by atoms with Crippen LogP contribution in [0.15, 0.2) is 78.9 Å². The van der Waals surface area contributed by atoms with Crippen LogP contribution in [0.5, 0.6) is 5.75 Å². The highest BCUT2D eigenvalue weighted by molar-refractivity contribution is 6.11. The molecule has 0 saturated carbocycles. The van der Waals surface area contributed by atoms with Crippen LogP contribution in [0.3, 0.4) is 0 Å². The second kappa shape index (κ2) is 9.44. The van der Waals surface area contributed by atoms with Crippen LogP contribution in [0.25, 0.3) is 0 Å². The molecule has 3 aromatic rings. The van der Waals surface area contributed by atoms with Crippen molar-refractivity contribution in [1.29, 1.82) is 0 Å². The van der Waals surface area contributed by atoms with Crippen LogP contribution < -0.4 is 20.3 Å². The van der Waals surface area contributed by atoms with E-state index in [1.165, 1.54) is 9.80 Å². The molecule has 0 saturated heterocycles. The maximum atomic E-state index is 13.5. The summed E-state index contributed by atoms with van der Waals surface area (Å²) in [6.45, 7) is 0.154. The highest BCUT2D eigenvalue weighted by Gasteiger charge is 2.39. The van der Waals surface area contributed by atoms with Crippen molar-refractivity contribution in [3.63, 3.8) is 0 Å². The maximum Gasteiger partial charge on any atom is 0.321 e. The standard InChI is InChI=1S/C25H24N4O4/c1-28-21-11-7-6-10-20(21)23(30)29(16-17-8-4-3-5-9-17)22(24(28)31)27-25(32)26-18-12-14-19(33-2)15-13-18/h3-15,22H,16H2,1-2H3,(H2,26,27,32). The molecule has 0 spiro atoms. The fraction of sp³-hybridized carbons (Fsp3) is 0.160. The van der Waals surface area contributed by atoms with Crippen molar-refractivity contribution in [2.45, 2.75) is 12.7 Å². The molecule has 1 aliphatic heterocycles. The first-order valence-electron chi connectivity index (χ1n) is 10.4. The van der Waals surface area contributed by atoms with Crippen molar-refractivity contribution in [1.82, 2.24) is 10.2 Å². The molecule has 8 nitrogen and oxygen atoms in total. The first-order chi connectivity index (χ1) is 16.0. The van der Waals surface area contributed by atoms with Gasteiger partial charge < -0.3 is 25.2 Å². The number of fused-ring (bicyclic) bond motifs is 1. The number of rotatable bonds is 5. The monoisotopic (exact) mass is 444 g/mol. The number of nitrogens with one attached hydrogen (secondary N) is 2. The Balaban J connectivity index is 1.64. The van der Waals surface area contributed by atoms with Crippen LogP contribution in [0.4, 0.5) is 16.2 Å². The van der Waals surface area contributed by atoms with Crippen LogP contribution in [-0.4, -0.2) is 43.1 Å². The molecule has 4 rings (SSSR count). The molecule has 0 aromatic heterocycles. The van der Waals surface area contributed by atoms with E-state index in [0.29, 0.717) is 22.7 Å². The van der Waals surface area contributed by atoms with Gasteiger partial charge in [-0.25, -0.2) is 4.79 Å². The topological polar surface area (TPSA) is 91.0 Å². The SMILES string of the molecule is COc1ccc(NC(=O)NC2C(=O)N(C)c3ccccc3C(=O)N2Cc2ccccc2)cc1. The second-order valence-corrected chi connectivity index (χ2v) is 7.56. The van der Waals surface area contributed by atoms with Gasteiger partial charge in [-0.05, 0) is 42.0 Å². The Morgan fingerprint density at radius 1 is 0.939 bits per heavy atom. The van der Waals surface area contributed by atoms with Crippen molar-refractivity contribution in [3.05, 3.63) is 90.0 Å². The lowest BCUT2D eigenvalue weighted by molar-refractivity contribution is -0.123. The predicted octanol–water partition coefficient (Wildman–Crippen LogP) is 3.46. The summed E-state index contributed by atoms with van der Waals surface area (Å²) in [7, 11) is 3.15. The molecule has 1 unspecified atom stereocenters. The van der Waals surface area contributed by atoms with Gasteiger partial charge in [0, 0.05) is 19.3 Å². The number of carbonyl (C=O) groups is 3. The third kappa shape index (κ3) is 4.64. The minimum atomic E-state index is -1.20. The number of methoxy groups -OCH3 is 1. The van der Waals surface area contributed by atoms with E-state index < -0.39 is 18.1 Å². The molecule has 1 heterocycles. The summed E-state index contributed by atoms with van der Waals surface area (Å²) in [4.78, 5) is 42.5. The molecule has 0 radical (unpaired) electrons. The fourth-order valence-electron chi connectivity index (χ4n) is 3.70. The summed E-state index contributed by atoms with van der Waals surface area (Å²) < 4.78 is 5.13. The quantitative estimate of drug-likeness (QED) is 0.631. The second-order valence-electron chi connectivity index (χ2n) is 7.56. The summed E-state index contributed by atoms with van der Waals surface area (Å²) in [5.74, 6) is -0.116. The molecule has 2 N–H and O–H groups in total. The molecule has 33 heavy (non-hydrogen) atoms. The number of urea groups is 1. The largest absolute Gasteiger partial charge is 0.497 e. The van der Waals surface area contributed by atoms with E-state index in [2.05, 4.69) is 10.6 Å². The Morgan fingerprint density at radius 3 is 2.30 bits per heavy atom. The van der Waals surface area contributed by atoms with Crippen LogP contribution >= 0.6 is 0 Å². The summed E-state index contributed by atoms with van der Waals surface area (Å²) in [6.07, 6.45) is -1.20. The number of carbonyl (C=O) groups excluding carboxylic acids is 3. The van der Waals surface area contributed by atoms with Gasteiger partial charge in [0.25, 0.3) is 11.8 Å². The molecule has 3 aromatic carbocycles. The van der Waals surface area contributed by atoms with Gasteiger partial charge in [-0.1, -0.05) is 42.5 Å². The molecule has 1 atom stereocenters. The molecule has 0 fully saturated rings. The smallest absolute Gasteiger partial charge is 0.321 e. The lowest BCUT2D eigenvalue weighted by Gasteiger charge is -2.30. The normalized spacial score (nSPS) is 15.5. The average molecular weight is 444 g/mol. The summed E-state index contributed by atoms with van der Waals surface area (Å²) in [5.41, 5.74) is 2.24. The maximum absolute atomic E-state index is 13.5. The number of para-hydroxylation sites is 1. The van der Waals surface area contributed by atoms with Gasteiger partial charge in [0.15, 0.2) is 6.17 Å². The van der Waals surface area contributed by atoms with Gasteiger partial charge in [0.1, 0.15) is 5.75 Å². The number of benzene rings is 3. The van der Waals surface area contributed by atoms with E-state index >= 15 is 0 Å². The van der Waals surface area contributed by atoms with Gasteiger partial charge in [0.2, 0.25) is 0 Å². The van der Waals surface area contributed by atoms with Gasteiger partial charge in [-0.15, -0.1) is 0 Å². The van der Waals surface area contributed by atoms with E-state index in [1.54, 1.807) is 62.7 Å². The Morgan fingerprint density at radius 2 is 1.61 bits per heavy atom. The molecule has 0 aliphatic carbocycles. The Bertz CT molecular complexity index is 1160. The number of ether oxygens (including phenoxy) is 1. The van der Waals surface area contributed by atoms with Gasteiger partial charge in [-0.2, -0.15) is 0 Å². The molecule has 1 aliphatic rings. The molecule has 0 bridgehead atoms. The first-order valence-corrected chi connectivity index (χ1v) is 10.4. The number of anilines is 2. The molecular weight excluding hydrogens is 420 g/mol. The van der Waals surface area contributed by atoms with E-state index in [9.17, 15) is 14.4 Å². The van der Waals surface area contributed by atoms with Crippen molar-refractivity contribution < 1.29 is 19.1 Å². The zero-order valence-corrected chi connectivity index (χ0v) is 18.3. The third-order valence-electron chi connectivity index (χ3n) is 5.44. The van der Waals surface area contributed by atoms with Crippen LogP contribution in [0.1, 0.15) is 15.9 Å². The van der Waals surface area contributed by atoms with Crippen LogP contribution in [-0.2, 0) is 11.3 Å². The van der Waals surface area contributed by atoms with Crippen LogP contribution in [0.2, 0.25) is 0 Å². The lowest BCUT2D eigenvalue weighted by Crippen LogP contribution is -2.57. The zero-order chi connectivity index (χ0) is 23.4. The van der Waals surface area contributed by atoms with E-state index in [0.717, 1.165) is 5.56 Å². The first kappa shape index (κ1) is 21.9. The third-order valence-corrected chi connectivity index (χ3v) is 5.44. The van der Waals surface area contributed by atoms with Gasteiger partial charge in [-0.3, -0.25) is 9.59 Å². The molecule has 8 heteroatoms.